The van der Waals surface area contributed by atoms with Gasteiger partial charge in [0.05, 0.1) is 5.56 Å². The van der Waals surface area contributed by atoms with Gasteiger partial charge in [-0.15, -0.1) is 0 Å². The second-order valence-electron chi connectivity index (χ2n) is 5.24. The van der Waals surface area contributed by atoms with Crippen molar-refractivity contribution in [3.05, 3.63) is 71.3 Å². The van der Waals surface area contributed by atoms with Crippen molar-refractivity contribution in [2.45, 2.75) is 25.4 Å². The summed E-state index contributed by atoms with van der Waals surface area (Å²) < 4.78 is 27.5. The maximum Gasteiger partial charge on any atom is 0.257 e. The van der Waals surface area contributed by atoms with Gasteiger partial charge in [-0.05, 0) is 31.0 Å². The quantitative estimate of drug-likeness (QED) is 0.838. The third kappa shape index (κ3) is 2.94. The molecule has 1 saturated carbocycles. The average molecular weight is 287 g/mol. The Hall–Kier alpha value is -2.23. The minimum absolute atomic E-state index is 0.0424. The smallest absolute Gasteiger partial charge is 0.257 e. The van der Waals surface area contributed by atoms with E-state index in [1.807, 2.05) is 0 Å². The minimum atomic E-state index is -0.540. The molecule has 21 heavy (non-hydrogen) atoms. The van der Waals surface area contributed by atoms with Gasteiger partial charge in [-0.2, -0.15) is 0 Å². The lowest BCUT2D eigenvalue weighted by Crippen LogP contribution is -2.33. The lowest BCUT2D eigenvalue weighted by atomic mass is 10.1. The fourth-order valence-electron chi connectivity index (χ4n) is 2.35. The first-order chi connectivity index (χ1) is 10.2. The van der Waals surface area contributed by atoms with Crippen LogP contribution in [0.15, 0.2) is 48.5 Å². The molecule has 1 fully saturated rings. The highest BCUT2D eigenvalue weighted by Crippen LogP contribution is 2.30. The van der Waals surface area contributed by atoms with Crippen LogP contribution in [0.25, 0.3) is 0 Å². The van der Waals surface area contributed by atoms with Crippen molar-refractivity contribution in [1.82, 2.24) is 4.90 Å². The number of hydrogen-bond acceptors (Lipinski definition) is 1. The Morgan fingerprint density at radius 2 is 1.62 bits per heavy atom. The molecule has 0 spiro atoms. The monoisotopic (exact) mass is 287 g/mol. The van der Waals surface area contributed by atoms with Crippen LogP contribution in [0.1, 0.15) is 28.8 Å². The van der Waals surface area contributed by atoms with E-state index in [1.54, 1.807) is 35.2 Å². The molecule has 108 valence electrons. The predicted octanol–water partition coefficient (Wildman–Crippen LogP) is 3.77. The van der Waals surface area contributed by atoms with Crippen LogP contribution in [-0.4, -0.2) is 16.8 Å². The number of rotatable bonds is 4. The lowest BCUT2D eigenvalue weighted by Gasteiger charge is -2.23. The molecule has 0 radical (unpaired) electrons. The van der Waals surface area contributed by atoms with Crippen molar-refractivity contribution in [2.24, 2.45) is 0 Å². The maximum absolute atomic E-state index is 13.8. The van der Waals surface area contributed by atoms with Crippen LogP contribution in [0.2, 0.25) is 0 Å². The molecule has 0 heterocycles. The molecule has 0 aromatic heterocycles. The van der Waals surface area contributed by atoms with Crippen molar-refractivity contribution in [3.8, 4) is 0 Å². The van der Waals surface area contributed by atoms with E-state index in [2.05, 4.69) is 0 Å². The molecule has 1 amide bonds. The number of carbonyl (C=O) groups excluding carboxylic acids is 1. The Labute approximate surface area is 122 Å². The van der Waals surface area contributed by atoms with Gasteiger partial charge in [0.25, 0.3) is 5.91 Å². The summed E-state index contributed by atoms with van der Waals surface area (Å²) in [6.45, 7) is 0.171. The summed E-state index contributed by atoms with van der Waals surface area (Å²) in [7, 11) is 0. The Balaban J connectivity index is 1.87. The number of halogens is 2. The van der Waals surface area contributed by atoms with E-state index in [0.29, 0.717) is 5.56 Å². The van der Waals surface area contributed by atoms with Crippen LogP contribution in [0, 0.1) is 11.6 Å². The van der Waals surface area contributed by atoms with Crippen LogP contribution in [0.3, 0.4) is 0 Å². The highest BCUT2D eigenvalue weighted by atomic mass is 19.1. The van der Waals surface area contributed by atoms with Gasteiger partial charge in [-0.1, -0.05) is 30.3 Å². The normalized spacial score (nSPS) is 14.0. The van der Waals surface area contributed by atoms with Crippen molar-refractivity contribution in [3.63, 3.8) is 0 Å². The largest absolute Gasteiger partial charge is 0.331 e. The first kappa shape index (κ1) is 13.7. The van der Waals surface area contributed by atoms with Gasteiger partial charge in [0.1, 0.15) is 11.6 Å². The summed E-state index contributed by atoms with van der Waals surface area (Å²) >= 11 is 0. The van der Waals surface area contributed by atoms with Crippen LogP contribution < -0.4 is 0 Å². The summed E-state index contributed by atoms with van der Waals surface area (Å²) in [5.74, 6) is -1.26. The first-order valence-electron chi connectivity index (χ1n) is 6.95. The molecule has 0 atom stereocenters. The van der Waals surface area contributed by atoms with Gasteiger partial charge in [0.15, 0.2) is 0 Å². The molecule has 2 aromatic rings. The standard InChI is InChI=1S/C17H15F2NO/c18-15-7-3-1-5-12(15)11-20(13-9-10-13)17(21)14-6-2-4-8-16(14)19/h1-8,13H,9-11H2. The molecule has 0 bridgehead atoms. The van der Waals surface area contributed by atoms with E-state index in [1.165, 1.54) is 18.2 Å². The third-order valence-electron chi connectivity index (χ3n) is 3.65. The van der Waals surface area contributed by atoms with E-state index in [4.69, 9.17) is 0 Å². The maximum atomic E-state index is 13.8. The zero-order valence-corrected chi connectivity index (χ0v) is 11.4. The van der Waals surface area contributed by atoms with E-state index in [9.17, 15) is 13.6 Å². The highest BCUT2D eigenvalue weighted by Gasteiger charge is 2.34. The highest BCUT2D eigenvalue weighted by molar-refractivity contribution is 5.94. The number of carbonyl (C=O) groups is 1. The molecule has 2 aromatic carbocycles. The number of amides is 1. The topological polar surface area (TPSA) is 20.3 Å². The van der Waals surface area contributed by atoms with E-state index < -0.39 is 5.82 Å². The molecule has 2 nitrogen and oxygen atoms in total. The number of benzene rings is 2. The van der Waals surface area contributed by atoms with Gasteiger partial charge in [0, 0.05) is 18.2 Å². The molecule has 0 saturated heterocycles. The van der Waals surface area contributed by atoms with Crippen LogP contribution in [-0.2, 0) is 6.54 Å². The zero-order chi connectivity index (χ0) is 14.8. The average Bonchev–Trinajstić information content (AvgIpc) is 3.31. The molecule has 4 heteroatoms. The summed E-state index contributed by atoms with van der Waals surface area (Å²) in [6, 6.07) is 12.4. The van der Waals surface area contributed by atoms with Gasteiger partial charge in [-0.3, -0.25) is 4.79 Å². The molecule has 1 aliphatic rings. The van der Waals surface area contributed by atoms with Crippen molar-refractivity contribution in [1.29, 1.82) is 0 Å². The summed E-state index contributed by atoms with van der Waals surface area (Å²) in [5, 5.41) is 0. The second-order valence-corrected chi connectivity index (χ2v) is 5.24. The Morgan fingerprint density at radius 3 is 2.24 bits per heavy atom. The van der Waals surface area contributed by atoms with Crippen molar-refractivity contribution >= 4 is 5.91 Å². The van der Waals surface area contributed by atoms with Crippen molar-refractivity contribution in [2.75, 3.05) is 0 Å². The first-order valence-corrected chi connectivity index (χ1v) is 6.95. The third-order valence-corrected chi connectivity index (χ3v) is 3.65. The van der Waals surface area contributed by atoms with E-state index >= 15 is 0 Å². The minimum Gasteiger partial charge on any atom is -0.331 e. The molecule has 1 aliphatic carbocycles. The Morgan fingerprint density at radius 1 is 1.00 bits per heavy atom. The fraction of sp³-hybridized carbons (Fsp3) is 0.235. The summed E-state index contributed by atoms with van der Waals surface area (Å²) in [5.41, 5.74) is 0.495. The molecule has 3 rings (SSSR count). The van der Waals surface area contributed by atoms with Gasteiger partial charge in [0.2, 0.25) is 0 Å². The van der Waals surface area contributed by atoms with Gasteiger partial charge in [-0.25, -0.2) is 8.78 Å². The summed E-state index contributed by atoms with van der Waals surface area (Å²) in [6.07, 6.45) is 1.77. The molecular formula is C17H15F2NO. The van der Waals surface area contributed by atoms with E-state index in [-0.39, 0.29) is 29.9 Å². The lowest BCUT2D eigenvalue weighted by molar-refractivity contribution is 0.0723. The van der Waals surface area contributed by atoms with Crippen molar-refractivity contribution < 1.29 is 13.6 Å². The Kier molecular flexibility index (Phi) is 3.69. The van der Waals surface area contributed by atoms with Crippen LogP contribution >= 0.6 is 0 Å². The SMILES string of the molecule is O=C(c1ccccc1F)N(Cc1ccccc1F)C1CC1. The zero-order valence-electron chi connectivity index (χ0n) is 11.4. The molecule has 0 aliphatic heterocycles. The summed E-state index contributed by atoms with van der Waals surface area (Å²) in [4.78, 5) is 14.1. The number of hydrogen-bond donors (Lipinski definition) is 0. The van der Waals surface area contributed by atoms with Crippen LogP contribution in [0.5, 0.6) is 0 Å². The fourth-order valence-corrected chi connectivity index (χ4v) is 2.35. The van der Waals surface area contributed by atoms with E-state index in [0.717, 1.165) is 12.8 Å². The molecular weight excluding hydrogens is 272 g/mol. The predicted molar refractivity (Wildman–Crippen MR) is 75.7 cm³/mol. The molecule has 0 unspecified atom stereocenters. The van der Waals surface area contributed by atoms with Crippen LogP contribution in [0.4, 0.5) is 8.78 Å². The second kappa shape index (κ2) is 5.64. The molecule has 0 N–H and O–H groups in total. The Bertz CT molecular complexity index is 667. The van der Waals surface area contributed by atoms with Gasteiger partial charge >= 0.3 is 0 Å². The van der Waals surface area contributed by atoms with Gasteiger partial charge < -0.3 is 4.90 Å². The number of nitrogens with zero attached hydrogens (tertiary/aromatic N) is 1.